The molecular formula is C17H20ClN5O2. The summed E-state index contributed by atoms with van der Waals surface area (Å²) in [6.45, 7) is 6.71. The Morgan fingerprint density at radius 2 is 2.12 bits per heavy atom. The van der Waals surface area contributed by atoms with Crippen LogP contribution in [0.15, 0.2) is 8.94 Å². The van der Waals surface area contributed by atoms with Gasteiger partial charge in [-0.1, -0.05) is 23.7 Å². The van der Waals surface area contributed by atoms with Crippen LogP contribution in [0, 0.1) is 19.8 Å². The summed E-state index contributed by atoms with van der Waals surface area (Å²) in [6, 6.07) is 0. The van der Waals surface area contributed by atoms with Gasteiger partial charge in [0.2, 0.25) is 5.89 Å². The van der Waals surface area contributed by atoms with E-state index in [9.17, 15) is 0 Å². The fourth-order valence-electron chi connectivity index (χ4n) is 3.29. The number of nitrogens with zero attached hydrogens (tertiary/aromatic N) is 5. The molecule has 0 saturated heterocycles. The van der Waals surface area contributed by atoms with Crippen molar-refractivity contribution in [2.75, 3.05) is 0 Å². The second-order valence-electron chi connectivity index (χ2n) is 6.74. The Balaban J connectivity index is 1.51. The lowest BCUT2D eigenvalue weighted by atomic mass is 9.88. The van der Waals surface area contributed by atoms with Crippen molar-refractivity contribution in [3.8, 4) is 11.6 Å². The lowest BCUT2D eigenvalue weighted by molar-refractivity contribution is 0.355. The van der Waals surface area contributed by atoms with Crippen LogP contribution in [0.5, 0.6) is 0 Å². The van der Waals surface area contributed by atoms with Gasteiger partial charge in [-0.05, 0) is 32.6 Å². The van der Waals surface area contributed by atoms with Crippen LogP contribution in [0.3, 0.4) is 0 Å². The van der Waals surface area contributed by atoms with Crippen molar-refractivity contribution in [3.05, 3.63) is 33.6 Å². The highest BCUT2D eigenvalue weighted by molar-refractivity contribution is 6.31. The summed E-state index contributed by atoms with van der Waals surface area (Å²) in [6.07, 6.45) is 3.57. The molecule has 1 unspecified atom stereocenters. The normalized spacial score (nSPS) is 17.0. The topological polar surface area (TPSA) is 82.8 Å². The van der Waals surface area contributed by atoms with E-state index in [1.165, 1.54) is 0 Å². The summed E-state index contributed by atoms with van der Waals surface area (Å²) in [4.78, 5) is 0. The molecule has 7 nitrogen and oxygen atoms in total. The number of rotatable bonds is 4. The van der Waals surface area contributed by atoms with E-state index >= 15 is 0 Å². The van der Waals surface area contributed by atoms with E-state index in [4.69, 9.17) is 20.5 Å². The van der Waals surface area contributed by atoms with Crippen LogP contribution in [0.25, 0.3) is 11.6 Å². The van der Waals surface area contributed by atoms with Crippen molar-refractivity contribution >= 4 is 11.6 Å². The van der Waals surface area contributed by atoms with Gasteiger partial charge in [0.25, 0.3) is 5.89 Å². The average molecular weight is 362 g/mol. The number of aromatic nitrogens is 5. The minimum absolute atomic E-state index is 0.431. The molecule has 0 aliphatic heterocycles. The highest BCUT2D eigenvalue weighted by atomic mass is 35.5. The van der Waals surface area contributed by atoms with Crippen molar-refractivity contribution in [2.24, 2.45) is 5.92 Å². The van der Waals surface area contributed by atoms with Gasteiger partial charge in [0.1, 0.15) is 5.76 Å². The molecule has 0 spiro atoms. The summed E-state index contributed by atoms with van der Waals surface area (Å²) in [7, 11) is 0. The number of hydrogen-bond donors (Lipinski definition) is 0. The van der Waals surface area contributed by atoms with Crippen LogP contribution in [-0.2, 0) is 25.8 Å². The van der Waals surface area contributed by atoms with E-state index < -0.39 is 0 Å². The minimum atomic E-state index is 0.431. The monoisotopic (exact) mass is 361 g/mol. The number of halogens is 1. The molecule has 4 rings (SSSR count). The quantitative estimate of drug-likeness (QED) is 0.706. The highest BCUT2D eigenvalue weighted by Crippen LogP contribution is 2.32. The van der Waals surface area contributed by atoms with Crippen molar-refractivity contribution in [3.63, 3.8) is 0 Å². The van der Waals surface area contributed by atoms with E-state index in [0.29, 0.717) is 41.4 Å². The van der Waals surface area contributed by atoms with E-state index in [-0.39, 0.29) is 0 Å². The van der Waals surface area contributed by atoms with Gasteiger partial charge in [-0.2, -0.15) is 5.10 Å². The van der Waals surface area contributed by atoms with E-state index in [0.717, 1.165) is 42.0 Å². The van der Waals surface area contributed by atoms with E-state index in [2.05, 4.69) is 27.4 Å². The van der Waals surface area contributed by atoms with Gasteiger partial charge >= 0.3 is 0 Å². The van der Waals surface area contributed by atoms with Gasteiger partial charge in [0, 0.05) is 24.9 Å². The summed E-state index contributed by atoms with van der Waals surface area (Å²) >= 11 is 6.18. The molecule has 1 aliphatic rings. The molecule has 0 amide bonds. The Labute approximate surface area is 150 Å². The molecule has 0 bridgehead atoms. The first-order valence-electron chi connectivity index (χ1n) is 8.52. The average Bonchev–Trinajstić information content (AvgIpc) is 3.27. The Hall–Kier alpha value is -2.15. The number of aryl methyl sites for hydroxylation is 4. The van der Waals surface area contributed by atoms with Crippen LogP contribution in [0.1, 0.15) is 41.9 Å². The van der Waals surface area contributed by atoms with Crippen molar-refractivity contribution in [1.29, 1.82) is 0 Å². The molecule has 3 aromatic rings. The SMILES string of the molecule is Cc1nn(CCc2nnc(-c3noc4c3CC(C)CC4)o2)c(C)c1Cl. The maximum atomic E-state index is 6.18. The fraction of sp³-hybridized carbons (Fsp3) is 0.529. The molecular weight excluding hydrogens is 342 g/mol. The van der Waals surface area contributed by atoms with Gasteiger partial charge < -0.3 is 8.94 Å². The molecule has 3 aromatic heterocycles. The standard InChI is InChI=1S/C17H20ClN5O2/c1-9-4-5-13-12(8-9)16(22-25-13)17-20-19-14(24-17)6-7-23-11(3)15(18)10(2)21-23/h9H,4-8H2,1-3H3. The predicted molar refractivity (Wildman–Crippen MR) is 91.4 cm³/mol. The Kier molecular flexibility index (Phi) is 4.11. The van der Waals surface area contributed by atoms with Crippen LogP contribution in [0.2, 0.25) is 5.02 Å². The minimum Gasteiger partial charge on any atom is -0.419 e. The number of fused-ring (bicyclic) bond motifs is 1. The summed E-state index contributed by atoms with van der Waals surface area (Å²) in [5, 5.41) is 17.6. The lowest BCUT2D eigenvalue weighted by Gasteiger charge is -2.15. The molecule has 0 fully saturated rings. The third-order valence-corrected chi connectivity index (χ3v) is 5.33. The second-order valence-corrected chi connectivity index (χ2v) is 7.12. The third-order valence-electron chi connectivity index (χ3n) is 4.79. The first-order chi connectivity index (χ1) is 12.0. The summed E-state index contributed by atoms with van der Waals surface area (Å²) < 4.78 is 13.1. The first kappa shape index (κ1) is 16.3. The molecule has 0 radical (unpaired) electrons. The molecule has 0 saturated carbocycles. The van der Waals surface area contributed by atoms with Crippen LogP contribution >= 0.6 is 11.6 Å². The zero-order valence-electron chi connectivity index (χ0n) is 14.5. The lowest BCUT2D eigenvalue weighted by Crippen LogP contribution is -2.09. The van der Waals surface area contributed by atoms with Crippen LogP contribution < -0.4 is 0 Å². The van der Waals surface area contributed by atoms with E-state index in [1.54, 1.807) is 0 Å². The zero-order valence-corrected chi connectivity index (χ0v) is 15.3. The predicted octanol–water partition coefficient (Wildman–Crippen LogP) is 3.56. The highest BCUT2D eigenvalue weighted by Gasteiger charge is 2.27. The van der Waals surface area contributed by atoms with Crippen LogP contribution in [0.4, 0.5) is 0 Å². The Morgan fingerprint density at radius 1 is 1.28 bits per heavy atom. The van der Waals surface area contributed by atoms with Gasteiger partial charge in [-0.3, -0.25) is 4.68 Å². The summed E-state index contributed by atoms with van der Waals surface area (Å²) in [5.74, 6) is 2.55. The molecule has 8 heteroatoms. The Morgan fingerprint density at radius 3 is 2.88 bits per heavy atom. The molecule has 0 N–H and O–H groups in total. The van der Waals surface area contributed by atoms with Crippen molar-refractivity contribution < 1.29 is 8.94 Å². The summed E-state index contributed by atoms with van der Waals surface area (Å²) in [5.41, 5.74) is 3.57. The molecule has 3 heterocycles. The maximum Gasteiger partial charge on any atom is 0.270 e. The fourth-order valence-corrected chi connectivity index (χ4v) is 3.43. The second kappa shape index (κ2) is 6.29. The van der Waals surface area contributed by atoms with Gasteiger partial charge in [0.05, 0.1) is 16.4 Å². The molecule has 25 heavy (non-hydrogen) atoms. The smallest absolute Gasteiger partial charge is 0.270 e. The van der Waals surface area contributed by atoms with Gasteiger partial charge in [-0.25, -0.2) is 0 Å². The molecule has 1 atom stereocenters. The van der Waals surface area contributed by atoms with Crippen molar-refractivity contribution in [1.82, 2.24) is 25.1 Å². The van der Waals surface area contributed by atoms with E-state index in [1.807, 2.05) is 18.5 Å². The van der Waals surface area contributed by atoms with Gasteiger partial charge in [-0.15, -0.1) is 10.2 Å². The zero-order chi connectivity index (χ0) is 17.6. The van der Waals surface area contributed by atoms with Gasteiger partial charge in [0.15, 0.2) is 5.69 Å². The first-order valence-corrected chi connectivity index (χ1v) is 8.90. The van der Waals surface area contributed by atoms with Crippen molar-refractivity contribution in [2.45, 2.75) is 53.0 Å². The third kappa shape index (κ3) is 2.97. The largest absolute Gasteiger partial charge is 0.419 e. The molecule has 132 valence electrons. The number of hydrogen-bond acceptors (Lipinski definition) is 6. The maximum absolute atomic E-state index is 6.18. The Bertz CT molecular complexity index is 910. The van der Waals surface area contributed by atoms with Crippen LogP contribution in [-0.4, -0.2) is 25.1 Å². The molecule has 1 aliphatic carbocycles. The molecule has 0 aromatic carbocycles.